The second-order valence-corrected chi connectivity index (χ2v) is 7.03. The fraction of sp³-hybridized carbons (Fsp3) is 0.389. The first-order valence-electron chi connectivity index (χ1n) is 8.10. The van der Waals surface area contributed by atoms with Gasteiger partial charge in [0, 0.05) is 55.0 Å². The molecule has 3 aliphatic heterocycles. The highest BCUT2D eigenvalue weighted by Gasteiger charge is 2.44. The Kier molecular flexibility index (Phi) is 4.24. The molecule has 0 N–H and O–H groups in total. The molecule has 3 aliphatic rings. The van der Waals surface area contributed by atoms with Crippen molar-refractivity contribution >= 4 is 11.6 Å². The van der Waals surface area contributed by atoms with Crippen LogP contribution in [0.2, 0.25) is 5.02 Å². The molecule has 6 heteroatoms. The van der Waals surface area contributed by atoms with Gasteiger partial charge in [0.2, 0.25) is 0 Å². The molecule has 3 nitrogen and oxygen atoms in total. The Morgan fingerprint density at radius 3 is 2.62 bits per heavy atom. The van der Waals surface area contributed by atoms with Crippen LogP contribution in [-0.4, -0.2) is 40.0 Å². The minimum atomic E-state index is -0.300. The molecule has 3 fully saturated rings. The van der Waals surface area contributed by atoms with Gasteiger partial charge in [-0.05, 0) is 30.2 Å². The van der Waals surface area contributed by atoms with Crippen molar-refractivity contribution < 1.29 is 8.78 Å². The summed E-state index contributed by atoms with van der Waals surface area (Å²) in [6.45, 7) is 3.06. The first kappa shape index (κ1) is 15.9. The van der Waals surface area contributed by atoms with E-state index in [1.54, 1.807) is 18.3 Å². The summed E-state index contributed by atoms with van der Waals surface area (Å²) in [5.41, 5.74) is 1.47. The van der Waals surface area contributed by atoms with Gasteiger partial charge in [-0.1, -0.05) is 17.7 Å². The fourth-order valence-corrected chi connectivity index (χ4v) is 4.05. The van der Waals surface area contributed by atoms with E-state index < -0.39 is 0 Å². The van der Waals surface area contributed by atoms with Crippen LogP contribution in [0.3, 0.4) is 0 Å². The van der Waals surface area contributed by atoms with Gasteiger partial charge in [-0.3, -0.25) is 14.8 Å². The Morgan fingerprint density at radius 1 is 1.12 bits per heavy atom. The van der Waals surface area contributed by atoms with Gasteiger partial charge >= 0.3 is 0 Å². The summed E-state index contributed by atoms with van der Waals surface area (Å²) in [5.74, 6) is -0.541. The van der Waals surface area contributed by atoms with E-state index in [4.69, 9.17) is 11.6 Å². The molecule has 0 aliphatic carbocycles. The summed E-state index contributed by atoms with van der Waals surface area (Å²) in [6, 6.07) is 7.16. The number of hydrogen-bond acceptors (Lipinski definition) is 3. The van der Waals surface area contributed by atoms with E-state index in [1.807, 2.05) is 0 Å². The van der Waals surface area contributed by atoms with Crippen LogP contribution in [0, 0.1) is 11.6 Å². The van der Waals surface area contributed by atoms with E-state index in [-0.39, 0.29) is 11.6 Å². The summed E-state index contributed by atoms with van der Waals surface area (Å²) in [4.78, 5) is 8.54. The minimum Gasteiger partial charge on any atom is -0.296 e. The van der Waals surface area contributed by atoms with Gasteiger partial charge in [-0.2, -0.15) is 0 Å². The van der Waals surface area contributed by atoms with E-state index >= 15 is 0 Å². The highest BCUT2D eigenvalue weighted by molar-refractivity contribution is 6.31. The molecule has 2 bridgehead atoms. The molecule has 1 aromatic heterocycles. The standard InChI is InChI=1S/C18H18ClF2N3/c19-17-2-1-3-18(21)16(17)11-24-14-5-15(24)10-23(9-14)8-12-4-13(20)7-22-6-12/h1-4,6-7,14-15H,5,8-11H2. The maximum atomic E-state index is 14.0. The van der Waals surface area contributed by atoms with Crippen molar-refractivity contribution in [2.45, 2.75) is 31.6 Å². The van der Waals surface area contributed by atoms with Crippen molar-refractivity contribution in [2.24, 2.45) is 0 Å². The zero-order chi connectivity index (χ0) is 16.7. The van der Waals surface area contributed by atoms with Crippen LogP contribution < -0.4 is 0 Å². The molecule has 0 amide bonds. The average molecular weight is 350 g/mol. The molecule has 126 valence electrons. The highest BCUT2D eigenvalue weighted by Crippen LogP contribution is 2.35. The molecule has 2 aromatic rings. The Hall–Kier alpha value is -1.56. The Morgan fingerprint density at radius 2 is 1.92 bits per heavy atom. The molecule has 0 saturated carbocycles. The zero-order valence-corrected chi connectivity index (χ0v) is 13.9. The lowest BCUT2D eigenvalue weighted by atomic mass is 9.86. The predicted octanol–water partition coefficient (Wildman–Crippen LogP) is 3.47. The highest BCUT2D eigenvalue weighted by atomic mass is 35.5. The molecule has 24 heavy (non-hydrogen) atoms. The number of aromatic nitrogens is 1. The lowest BCUT2D eigenvalue weighted by Gasteiger charge is -2.56. The largest absolute Gasteiger partial charge is 0.296 e. The van der Waals surface area contributed by atoms with Gasteiger partial charge in [0.05, 0.1) is 6.20 Å². The maximum absolute atomic E-state index is 14.0. The smallest absolute Gasteiger partial charge is 0.141 e. The normalized spacial score (nSPS) is 24.0. The Labute approximate surface area is 144 Å². The average Bonchev–Trinajstić information content (AvgIpc) is 2.54. The first-order valence-corrected chi connectivity index (χ1v) is 8.48. The third kappa shape index (κ3) is 3.04. The van der Waals surface area contributed by atoms with E-state index in [0.717, 1.165) is 25.1 Å². The zero-order valence-electron chi connectivity index (χ0n) is 13.1. The van der Waals surface area contributed by atoms with E-state index in [9.17, 15) is 8.78 Å². The second kappa shape index (κ2) is 6.39. The lowest BCUT2D eigenvalue weighted by molar-refractivity contribution is -0.0779. The first-order chi connectivity index (χ1) is 11.6. The molecule has 2 atom stereocenters. The number of halogens is 3. The fourth-order valence-electron chi connectivity index (χ4n) is 3.83. The summed E-state index contributed by atoms with van der Waals surface area (Å²) in [7, 11) is 0. The Bertz CT molecular complexity index is 723. The predicted molar refractivity (Wildman–Crippen MR) is 88.6 cm³/mol. The number of rotatable bonds is 4. The number of piperidine rings is 1. The lowest BCUT2D eigenvalue weighted by Crippen LogP contribution is -2.67. The number of benzene rings is 1. The third-order valence-electron chi connectivity index (χ3n) is 4.99. The van der Waals surface area contributed by atoms with Crippen LogP contribution in [0.5, 0.6) is 0 Å². The molecule has 2 unspecified atom stereocenters. The van der Waals surface area contributed by atoms with Crippen molar-refractivity contribution in [1.29, 1.82) is 0 Å². The number of piperazine rings is 1. The molecule has 0 radical (unpaired) electrons. The van der Waals surface area contributed by atoms with Crippen molar-refractivity contribution in [3.63, 3.8) is 0 Å². The molecule has 0 spiro atoms. The van der Waals surface area contributed by atoms with Crippen molar-refractivity contribution in [1.82, 2.24) is 14.8 Å². The summed E-state index contributed by atoms with van der Waals surface area (Å²) in [6.07, 6.45) is 4.06. The van der Waals surface area contributed by atoms with E-state index in [0.29, 0.717) is 35.8 Å². The van der Waals surface area contributed by atoms with Crippen LogP contribution in [0.4, 0.5) is 8.78 Å². The molecule has 3 saturated heterocycles. The third-order valence-corrected chi connectivity index (χ3v) is 5.34. The molecular weight excluding hydrogens is 332 g/mol. The number of pyridine rings is 1. The number of hydrogen-bond donors (Lipinski definition) is 0. The van der Waals surface area contributed by atoms with Gasteiger partial charge in [-0.25, -0.2) is 8.78 Å². The van der Waals surface area contributed by atoms with Gasteiger partial charge in [0.15, 0.2) is 0 Å². The van der Waals surface area contributed by atoms with Crippen molar-refractivity contribution in [3.8, 4) is 0 Å². The topological polar surface area (TPSA) is 19.4 Å². The van der Waals surface area contributed by atoms with Crippen molar-refractivity contribution in [2.75, 3.05) is 13.1 Å². The van der Waals surface area contributed by atoms with Crippen molar-refractivity contribution in [3.05, 3.63) is 64.4 Å². The van der Waals surface area contributed by atoms with Gasteiger partial charge in [0.1, 0.15) is 11.6 Å². The Balaban J connectivity index is 1.40. The SMILES string of the molecule is Fc1cncc(CN2CC3CC(C2)N3Cc2c(F)cccc2Cl)c1. The van der Waals surface area contributed by atoms with Gasteiger partial charge in [0.25, 0.3) is 0 Å². The van der Waals surface area contributed by atoms with E-state index in [1.165, 1.54) is 18.3 Å². The number of nitrogens with zero attached hydrogens (tertiary/aromatic N) is 3. The van der Waals surface area contributed by atoms with Gasteiger partial charge < -0.3 is 0 Å². The second-order valence-electron chi connectivity index (χ2n) is 6.62. The molecule has 4 heterocycles. The van der Waals surface area contributed by atoms with E-state index in [2.05, 4.69) is 14.8 Å². The summed E-state index contributed by atoms with van der Waals surface area (Å²) < 4.78 is 27.2. The summed E-state index contributed by atoms with van der Waals surface area (Å²) in [5, 5.41) is 0.489. The molecule has 5 rings (SSSR count). The monoisotopic (exact) mass is 349 g/mol. The van der Waals surface area contributed by atoms with Crippen LogP contribution in [-0.2, 0) is 13.1 Å². The summed E-state index contributed by atoms with van der Waals surface area (Å²) >= 11 is 6.14. The minimum absolute atomic E-state index is 0.241. The molecule has 1 aromatic carbocycles. The van der Waals surface area contributed by atoms with Crippen LogP contribution in [0.25, 0.3) is 0 Å². The van der Waals surface area contributed by atoms with Crippen LogP contribution >= 0.6 is 11.6 Å². The van der Waals surface area contributed by atoms with Gasteiger partial charge in [-0.15, -0.1) is 0 Å². The number of fused-ring (bicyclic) bond motifs is 2. The quantitative estimate of drug-likeness (QED) is 0.842. The van der Waals surface area contributed by atoms with Crippen LogP contribution in [0.15, 0.2) is 36.7 Å². The molecular formula is C18H18ClF2N3. The maximum Gasteiger partial charge on any atom is 0.141 e. The van der Waals surface area contributed by atoms with Crippen LogP contribution in [0.1, 0.15) is 17.5 Å².